The molecule has 210 valence electrons. The first-order chi connectivity index (χ1) is 17.9. The van der Waals surface area contributed by atoms with Crippen molar-refractivity contribution in [2.45, 2.75) is 60.6 Å². The fourth-order valence-corrected chi connectivity index (χ4v) is 5.34. The molecule has 2 aliphatic rings. The monoisotopic (exact) mass is 573 g/mol. The normalized spacial score (nSPS) is 23.8. The number of amides is 1. The number of hydrogen-bond acceptors (Lipinski definition) is 5. The minimum absolute atomic E-state index is 0.0734. The zero-order valence-corrected chi connectivity index (χ0v) is 21.6. The molecule has 0 heterocycles. The molecule has 4 rings (SSSR count). The number of carbonyl (C=O) groups excluding carboxylic acids is 1. The largest absolute Gasteiger partial charge is 0.407 e. The molecule has 2 fully saturated rings. The number of nitriles is 1. The minimum atomic E-state index is -4.97. The van der Waals surface area contributed by atoms with Gasteiger partial charge in [-0.25, -0.2) is 8.42 Å². The molecule has 2 aliphatic carbocycles. The van der Waals surface area contributed by atoms with Gasteiger partial charge in [-0.2, -0.15) is 31.6 Å². The highest BCUT2D eigenvalue weighted by Gasteiger charge is 2.69. The molecule has 0 aromatic heterocycles. The Morgan fingerprint density at radius 1 is 0.974 bits per heavy atom. The molecule has 0 bridgehead atoms. The number of nitrogens with one attached hydrogen (secondary N) is 2. The van der Waals surface area contributed by atoms with E-state index in [2.05, 4.69) is 10.6 Å². The Labute approximate surface area is 221 Å². The van der Waals surface area contributed by atoms with Crippen LogP contribution in [0.2, 0.25) is 0 Å². The topological polar surface area (TPSA) is 99.1 Å². The lowest BCUT2D eigenvalue weighted by atomic mass is 9.96. The molecule has 2 aromatic rings. The first-order valence-corrected chi connectivity index (χ1v) is 13.9. The average Bonchev–Trinajstić information content (AvgIpc) is 3.76. The van der Waals surface area contributed by atoms with Crippen molar-refractivity contribution < 1.29 is 39.6 Å². The van der Waals surface area contributed by atoms with Crippen LogP contribution in [-0.2, 0) is 14.6 Å². The van der Waals surface area contributed by atoms with Crippen molar-refractivity contribution in [3.63, 3.8) is 0 Å². The lowest BCUT2D eigenvalue weighted by molar-refractivity contribution is -0.179. The van der Waals surface area contributed by atoms with Gasteiger partial charge in [-0.1, -0.05) is 43.3 Å². The number of nitrogens with zero attached hydrogens (tertiary/aromatic N) is 1. The zero-order valence-electron chi connectivity index (χ0n) is 20.8. The van der Waals surface area contributed by atoms with Crippen molar-refractivity contribution in [1.29, 1.82) is 5.26 Å². The van der Waals surface area contributed by atoms with Gasteiger partial charge in [-0.3, -0.25) is 10.1 Å². The number of benzene rings is 2. The summed E-state index contributed by atoms with van der Waals surface area (Å²) in [7, 11) is -3.44. The summed E-state index contributed by atoms with van der Waals surface area (Å²) in [4.78, 5) is 13.2. The van der Waals surface area contributed by atoms with Crippen LogP contribution in [0.25, 0.3) is 11.1 Å². The Morgan fingerprint density at radius 2 is 1.49 bits per heavy atom. The third-order valence-corrected chi connectivity index (χ3v) is 8.57. The van der Waals surface area contributed by atoms with Crippen molar-refractivity contribution in [2.75, 3.05) is 6.26 Å². The second kappa shape index (κ2) is 9.52. The standard InChI is InChI=1S/C26H25F6N3O3S/c1-15(25(27,28)29)20-13-24(20,22(36)35-23(14-33)11-12-23)34-21(26(30,31)32)18-5-3-16(4-6-18)17-7-9-19(10-8-17)39(2,37)38/h3-10,15,20-21,34H,11-13H2,1-2H3,(H,35,36). The van der Waals surface area contributed by atoms with Gasteiger partial charge in [0, 0.05) is 6.26 Å². The lowest BCUT2D eigenvalue weighted by Crippen LogP contribution is -2.55. The van der Waals surface area contributed by atoms with E-state index in [9.17, 15) is 44.8 Å². The van der Waals surface area contributed by atoms with Gasteiger partial charge in [-0.05, 0) is 54.0 Å². The molecule has 2 aromatic carbocycles. The van der Waals surface area contributed by atoms with Crippen molar-refractivity contribution in [1.82, 2.24) is 10.6 Å². The zero-order chi connectivity index (χ0) is 29.0. The van der Waals surface area contributed by atoms with Gasteiger partial charge in [0.2, 0.25) is 5.91 Å². The van der Waals surface area contributed by atoms with Crippen LogP contribution >= 0.6 is 0 Å². The predicted molar refractivity (Wildman–Crippen MR) is 129 cm³/mol. The van der Waals surface area contributed by atoms with E-state index >= 15 is 0 Å². The highest BCUT2D eigenvalue weighted by atomic mass is 32.2. The van der Waals surface area contributed by atoms with E-state index in [4.69, 9.17) is 0 Å². The van der Waals surface area contributed by atoms with Gasteiger partial charge in [0.05, 0.1) is 16.9 Å². The van der Waals surface area contributed by atoms with Crippen LogP contribution in [0.4, 0.5) is 26.3 Å². The summed E-state index contributed by atoms with van der Waals surface area (Å²) in [5.74, 6) is -4.57. The van der Waals surface area contributed by atoms with Crippen LogP contribution in [0.3, 0.4) is 0 Å². The maximum absolute atomic E-state index is 14.3. The van der Waals surface area contributed by atoms with Crippen molar-refractivity contribution in [2.24, 2.45) is 11.8 Å². The van der Waals surface area contributed by atoms with Crippen LogP contribution < -0.4 is 10.6 Å². The fraction of sp³-hybridized carbons (Fsp3) is 0.462. The predicted octanol–water partition coefficient (Wildman–Crippen LogP) is 5.08. The van der Waals surface area contributed by atoms with Crippen LogP contribution in [0.15, 0.2) is 53.4 Å². The number of halogens is 6. The minimum Gasteiger partial charge on any atom is -0.336 e. The van der Waals surface area contributed by atoms with Crippen LogP contribution in [-0.4, -0.2) is 44.0 Å². The second-order valence-corrected chi connectivity index (χ2v) is 12.3. The van der Waals surface area contributed by atoms with Gasteiger partial charge in [-0.15, -0.1) is 0 Å². The van der Waals surface area contributed by atoms with Crippen LogP contribution in [0.1, 0.15) is 37.8 Å². The third kappa shape index (κ3) is 5.91. The Morgan fingerprint density at radius 3 is 1.90 bits per heavy atom. The van der Waals surface area contributed by atoms with E-state index in [1.165, 1.54) is 36.4 Å². The lowest BCUT2D eigenvalue weighted by Gasteiger charge is -2.30. The summed E-state index contributed by atoms with van der Waals surface area (Å²) < 4.78 is 107. The molecule has 0 saturated heterocycles. The molecule has 39 heavy (non-hydrogen) atoms. The molecular formula is C26H25F6N3O3S. The van der Waals surface area contributed by atoms with Crippen molar-refractivity contribution in [3.8, 4) is 17.2 Å². The molecule has 1 amide bonds. The number of rotatable bonds is 8. The number of sulfone groups is 1. The first-order valence-electron chi connectivity index (χ1n) is 12.0. The highest BCUT2D eigenvalue weighted by molar-refractivity contribution is 7.90. The van der Waals surface area contributed by atoms with E-state index in [0.29, 0.717) is 11.1 Å². The highest BCUT2D eigenvalue weighted by Crippen LogP contribution is 2.55. The van der Waals surface area contributed by atoms with Gasteiger partial charge >= 0.3 is 12.4 Å². The molecule has 0 spiro atoms. The summed E-state index contributed by atoms with van der Waals surface area (Å²) in [6.07, 6.45) is -8.60. The average molecular weight is 574 g/mol. The Hall–Kier alpha value is -3.11. The van der Waals surface area contributed by atoms with E-state index < -0.39 is 63.5 Å². The van der Waals surface area contributed by atoms with Crippen molar-refractivity contribution in [3.05, 3.63) is 54.1 Å². The van der Waals surface area contributed by atoms with E-state index in [-0.39, 0.29) is 23.3 Å². The van der Waals surface area contributed by atoms with Gasteiger partial charge in [0.1, 0.15) is 17.1 Å². The Kier molecular flexibility index (Phi) is 7.05. The second-order valence-electron chi connectivity index (χ2n) is 10.3. The van der Waals surface area contributed by atoms with Gasteiger partial charge < -0.3 is 5.32 Å². The first kappa shape index (κ1) is 28.9. The summed E-state index contributed by atoms with van der Waals surface area (Å²) in [5, 5.41) is 13.9. The third-order valence-electron chi connectivity index (χ3n) is 7.45. The molecule has 0 radical (unpaired) electrons. The van der Waals surface area contributed by atoms with Crippen LogP contribution in [0.5, 0.6) is 0 Å². The summed E-state index contributed by atoms with van der Waals surface area (Å²) in [6.45, 7) is 0.824. The number of alkyl halides is 6. The maximum Gasteiger partial charge on any atom is 0.407 e. The van der Waals surface area contributed by atoms with Gasteiger partial charge in [0.15, 0.2) is 9.84 Å². The SMILES string of the molecule is CC(C1CC1(NC(c1ccc(-c2ccc(S(C)(=O)=O)cc2)cc1)C(F)(F)F)C(=O)NC1(C#N)CC1)C(F)(F)F. The Bertz CT molecular complexity index is 1390. The molecule has 0 aliphatic heterocycles. The molecular weight excluding hydrogens is 548 g/mol. The van der Waals surface area contributed by atoms with Crippen LogP contribution in [0, 0.1) is 23.2 Å². The summed E-state index contributed by atoms with van der Waals surface area (Å²) >= 11 is 0. The molecule has 13 heteroatoms. The van der Waals surface area contributed by atoms with Gasteiger partial charge in [0.25, 0.3) is 0 Å². The van der Waals surface area contributed by atoms with E-state index in [1.807, 2.05) is 6.07 Å². The maximum atomic E-state index is 14.3. The van der Waals surface area contributed by atoms with E-state index in [1.54, 1.807) is 0 Å². The number of hydrogen-bond donors (Lipinski definition) is 2. The fourth-order valence-electron chi connectivity index (χ4n) is 4.71. The molecule has 2 saturated carbocycles. The van der Waals surface area contributed by atoms with E-state index in [0.717, 1.165) is 25.3 Å². The molecule has 4 atom stereocenters. The quantitative estimate of drug-likeness (QED) is 0.430. The Balaban J connectivity index is 1.64. The molecule has 4 unspecified atom stereocenters. The summed E-state index contributed by atoms with van der Waals surface area (Å²) in [6, 6.07) is 10.2. The molecule has 2 N–H and O–H groups in total. The molecule has 6 nitrogen and oxygen atoms in total. The summed E-state index contributed by atoms with van der Waals surface area (Å²) in [5.41, 5.74) is -2.75. The smallest absolute Gasteiger partial charge is 0.336 e. The van der Waals surface area contributed by atoms with Crippen molar-refractivity contribution >= 4 is 15.7 Å². The number of carbonyl (C=O) groups is 1.